The molecule has 6 nitrogen and oxygen atoms in total. The van der Waals surface area contributed by atoms with Crippen molar-refractivity contribution >= 4 is 22.5 Å². The van der Waals surface area contributed by atoms with Gasteiger partial charge in [0.15, 0.2) is 23.3 Å². The van der Waals surface area contributed by atoms with Crippen molar-refractivity contribution in [3.8, 4) is 11.1 Å². The number of hydrogen-bond donors (Lipinski definition) is 3. The SMILES string of the molecule is Cc1cc(Nc2nc(CO)nc3cccc(-c4ccc(F)c(F)c4)c23)n[nH]1. The van der Waals surface area contributed by atoms with Crippen molar-refractivity contribution in [2.24, 2.45) is 0 Å². The zero-order chi connectivity index (χ0) is 19.0. The van der Waals surface area contributed by atoms with Crippen LogP contribution >= 0.6 is 0 Å². The van der Waals surface area contributed by atoms with Crippen molar-refractivity contribution in [3.05, 3.63) is 65.6 Å². The van der Waals surface area contributed by atoms with Crippen molar-refractivity contribution in [3.63, 3.8) is 0 Å². The van der Waals surface area contributed by atoms with Gasteiger partial charge in [-0.25, -0.2) is 18.7 Å². The van der Waals surface area contributed by atoms with Gasteiger partial charge in [0, 0.05) is 11.8 Å². The number of fused-ring (bicyclic) bond motifs is 1. The lowest BCUT2D eigenvalue weighted by Crippen LogP contribution is -2.03. The normalized spacial score (nSPS) is 11.1. The van der Waals surface area contributed by atoms with Gasteiger partial charge in [-0.05, 0) is 36.2 Å². The van der Waals surface area contributed by atoms with Gasteiger partial charge in [-0.1, -0.05) is 18.2 Å². The highest BCUT2D eigenvalue weighted by molar-refractivity contribution is 6.02. The standard InChI is InChI=1S/C19H15F2N5O/c1-10-7-16(26-25-10)23-19-18-12(11-5-6-13(20)14(21)8-11)3-2-4-15(18)22-17(9-27)24-19/h2-8,27H,9H2,1H3,(H2,22,23,24,25,26). The summed E-state index contributed by atoms with van der Waals surface area (Å²) in [6.07, 6.45) is 0. The van der Waals surface area contributed by atoms with Crippen molar-refractivity contribution in [2.45, 2.75) is 13.5 Å². The summed E-state index contributed by atoms with van der Waals surface area (Å²) in [4.78, 5) is 8.69. The predicted octanol–water partition coefficient (Wildman–Crippen LogP) is 3.84. The van der Waals surface area contributed by atoms with Gasteiger partial charge in [-0.3, -0.25) is 5.10 Å². The van der Waals surface area contributed by atoms with Crippen LogP contribution in [0.25, 0.3) is 22.0 Å². The summed E-state index contributed by atoms with van der Waals surface area (Å²) in [6.45, 7) is 1.53. The lowest BCUT2D eigenvalue weighted by molar-refractivity contribution is 0.272. The summed E-state index contributed by atoms with van der Waals surface area (Å²) in [7, 11) is 0. The molecule has 0 radical (unpaired) electrons. The molecule has 0 aliphatic rings. The fraction of sp³-hybridized carbons (Fsp3) is 0.105. The average molecular weight is 367 g/mol. The Morgan fingerprint density at radius 3 is 2.63 bits per heavy atom. The van der Waals surface area contributed by atoms with E-state index in [2.05, 4.69) is 25.5 Å². The molecule has 136 valence electrons. The minimum absolute atomic E-state index is 0.236. The highest BCUT2D eigenvalue weighted by Gasteiger charge is 2.15. The Balaban J connectivity index is 1.95. The van der Waals surface area contributed by atoms with Crippen molar-refractivity contribution in [1.29, 1.82) is 0 Å². The molecule has 0 unspecified atom stereocenters. The van der Waals surface area contributed by atoms with E-state index in [0.29, 0.717) is 33.7 Å². The van der Waals surface area contributed by atoms with Gasteiger partial charge in [-0.2, -0.15) is 5.10 Å². The Hall–Kier alpha value is -3.39. The molecule has 0 fully saturated rings. The Labute approximate surface area is 152 Å². The quantitative estimate of drug-likeness (QED) is 0.510. The third kappa shape index (κ3) is 3.22. The molecule has 8 heteroatoms. The number of H-pyrrole nitrogens is 1. The van der Waals surface area contributed by atoms with Crippen molar-refractivity contribution < 1.29 is 13.9 Å². The Morgan fingerprint density at radius 2 is 1.93 bits per heavy atom. The average Bonchev–Trinajstić information content (AvgIpc) is 3.08. The molecule has 0 bridgehead atoms. The molecule has 3 N–H and O–H groups in total. The number of benzene rings is 2. The summed E-state index contributed by atoms with van der Waals surface area (Å²) in [5.74, 6) is -0.662. The highest BCUT2D eigenvalue weighted by Crippen LogP contribution is 2.34. The first-order valence-electron chi connectivity index (χ1n) is 8.20. The molecule has 0 atom stereocenters. The highest BCUT2D eigenvalue weighted by atomic mass is 19.2. The van der Waals surface area contributed by atoms with Crippen LogP contribution in [-0.2, 0) is 6.61 Å². The molecule has 0 saturated heterocycles. The van der Waals surface area contributed by atoms with Crippen LogP contribution in [0.1, 0.15) is 11.5 Å². The first-order chi connectivity index (χ1) is 13.0. The van der Waals surface area contributed by atoms with Crippen LogP contribution in [0.15, 0.2) is 42.5 Å². The van der Waals surface area contributed by atoms with E-state index in [1.54, 1.807) is 24.3 Å². The summed E-state index contributed by atoms with van der Waals surface area (Å²) in [6, 6.07) is 10.8. The molecule has 0 aliphatic carbocycles. The predicted molar refractivity (Wildman–Crippen MR) is 97.4 cm³/mol. The smallest absolute Gasteiger partial charge is 0.159 e. The summed E-state index contributed by atoms with van der Waals surface area (Å²) >= 11 is 0. The molecule has 0 saturated carbocycles. The number of anilines is 2. The maximum absolute atomic E-state index is 13.8. The first kappa shape index (κ1) is 17.0. The minimum atomic E-state index is -0.935. The van der Waals surface area contributed by atoms with Crippen LogP contribution in [-0.4, -0.2) is 25.3 Å². The van der Waals surface area contributed by atoms with Gasteiger partial charge >= 0.3 is 0 Å². The number of aliphatic hydroxyl groups is 1. The van der Waals surface area contributed by atoms with Crippen molar-refractivity contribution in [1.82, 2.24) is 20.2 Å². The van der Waals surface area contributed by atoms with E-state index in [0.717, 1.165) is 17.8 Å². The second-order valence-corrected chi connectivity index (χ2v) is 6.04. The van der Waals surface area contributed by atoms with Gasteiger partial charge in [0.2, 0.25) is 0 Å². The number of nitrogens with one attached hydrogen (secondary N) is 2. The van der Waals surface area contributed by atoms with Gasteiger partial charge in [0.05, 0.1) is 10.9 Å². The molecule has 2 heterocycles. The molecular formula is C19H15F2N5O. The van der Waals surface area contributed by atoms with Crippen LogP contribution < -0.4 is 5.32 Å². The number of halogens is 2. The summed E-state index contributed by atoms with van der Waals surface area (Å²) < 4.78 is 27.1. The number of rotatable bonds is 4. The van der Waals surface area contributed by atoms with E-state index in [1.165, 1.54) is 6.07 Å². The summed E-state index contributed by atoms with van der Waals surface area (Å²) in [5.41, 5.74) is 2.54. The molecular weight excluding hydrogens is 352 g/mol. The van der Waals surface area contributed by atoms with Crippen LogP contribution in [0.5, 0.6) is 0 Å². The molecule has 2 aromatic carbocycles. The van der Waals surface area contributed by atoms with E-state index < -0.39 is 11.6 Å². The van der Waals surface area contributed by atoms with Gasteiger partial charge < -0.3 is 10.4 Å². The molecule has 27 heavy (non-hydrogen) atoms. The summed E-state index contributed by atoms with van der Waals surface area (Å²) in [5, 5.41) is 20.2. The van der Waals surface area contributed by atoms with Crippen molar-refractivity contribution in [2.75, 3.05) is 5.32 Å². The lowest BCUT2D eigenvalue weighted by Gasteiger charge is -2.13. The number of aryl methyl sites for hydroxylation is 1. The fourth-order valence-electron chi connectivity index (χ4n) is 2.90. The van der Waals surface area contributed by atoms with E-state index in [4.69, 9.17) is 0 Å². The van der Waals surface area contributed by atoms with Crippen LogP contribution in [0.2, 0.25) is 0 Å². The zero-order valence-corrected chi connectivity index (χ0v) is 14.3. The van der Waals surface area contributed by atoms with Crippen LogP contribution in [0, 0.1) is 18.6 Å². The van der Waals surface area contributed by atoms with Gasteiger partial charge in [0.25, 0.3) is 0 Å². The Bertz CT molecular complexity index is 1140. The third-order valence-electron chi connectivity index (χ3n) is 4.09. The number of nitrogens with zero attached hydrogens (tertiary/aromatic N) is 3. The number of hydrogen-bond acceptors (Lipinski definition) is 5. The van der Waals surface area contributed by atoms with Gasteiger partial charge in [-0.15, -0.1) is 0 Å². The van der Waals surface area contributed by atoms with Crippen LogP contribution in [0.4, 0.5) is 20.4 Å². The number of aromatic amines is 1. The first-order valence-corrected chi connectivity index (χ1v) is 8.20. The van der Waals surface area contributed by atoms with E-state index in [-0.39, 0.29) is 12.4 Å². The third-order valence-corrected chi connectivity index (χ3v) is 4.09. The largest absolute Gasteiger partial charge is 0.388 e. The number of aromatic nitrogens is 4. The monoisotopic (exact) mass is 367 g/mol. The minimum Gasteiger partial charge on any atom is -0.388 e. The lowest BCUT2D eigenvalue weighted by atomic mass is 10.0. The number of aliphatic hydroxyl groups excluding tert-OH is 1. The van der Waals surface area contributed by atoms with E-state index in [9.17, 15) is 13.9 Å². The molecule has 2 aromatic heterocycles. The molecule has 0 amide bonds. The van der Waals surface area contributed by atoms with Crippen LogP contribution in [0.3, 0.4) is 0 Å². The zero-order valence-electron chi connectivity index (χ0n) is 14.3. The maximum atomic E-state index is 13.8. The Kier molecular flexibility index (Phi) is 4.25. The molecule has 0 aliphatic heterocycles. The van der Waals surface area contributed by atoms with E-state index in [1.807, 2.05) is 6.92 Å². The second kappa shape index (κ2) is 6.73. The Morgan fingerprint density at radius 1 is 1.07 bits per heavy atom. The van der Waals surface area contributed by atoms with E-state index >= 15 is 0 Å². The molecule has 4 aromatic rings. The fourth-order valence-corrected chi connectivity index (χ4v) is 2.90. The maximum Gasteiger partial charge on any atom is 0.159 e. The topological polar surface area (TPSA) is 86.7 Å². The van der Waals surface area contributed by atoms with Gasteiger partial charge in [0.1, 0.15) is 12.4 Å². The molecule has 4 rings (SSSR count). The second-order valence-electron chi connectivity index (χ2n) is 6.04. The molecule has 0 spiro atoms.